The van der Waals surface area contributed by atoms with Crippen molar-refractivity contribution in [3.63, 3.8) is 0 Å². The number of aliphatic hydroxyl groups is 1. The Morgan fingerprint density at radius 3 is 1.84 bits per heavy atom. The molecule has 7 rings (SSSR count). The Hall–Kier alpha value is -4.18. The molecule has 2 unspecified atom stereocenters. The summed E-state index contributed by atoms with van der Waals surface area (Å²) in [5.41, 5.74) is 7.45. The number of allylic oxidation sites excluding steroid dienone is 2. The summed E-state index contributed by atoms with van der Waals surface area (Å²) in [6.45, 7) is 27.7. The third-order valence-electron chi connectivity index (χ3n) is 11.6. The third kappa shape index (κ3) is 16.4. The number of amides is 3. The lowest BCUT2D eigenvalue weighted by molar-refractivity contribution is -0.334. The van der Waals surface area contributed by atoms with E-state index in [0.717, 1.165) is 21.2 Å². The Balaban J connectivity index is 0.000000262. The molecule has 5 aliphatic rings. The number of hydrogen-bond acceptors (Lipinski definition) is 15. The Morgan fingerprint density at radius 1 is 0.822 bits per heavy atom. The molecule has 3 saturated heterocycles. The first-order chi connectivity index (χ1) is 33.7. The van der Waals surface area contributed by atoms with Crippen LogP contribution in [0.15, 0.2) is 108 Å². The van der Waals surface area contributed by atoms with Crippen molar-refractivity contribution in [2.45, 2.75) is 152 Å². The molecule has 10 atom stereocenters. The fraction of sp³-hybridized carbons (Fsp3) is 0.537. The number of ether oxygens (including phenoxy) is 7. The van der Waals surface area contributed by atoms with Crippen LogP contribution < -0.4 is 20.9 Å². The molecule has 2 aromatic carbocycles. The van der Waals surface area contributed by atoms with Gasteiger partial charge in [-0.1, -0.05) is 102 Å². The van der Waals surface area contributed by atoms with Gasteiger partial charge in [0, 0.05) is 41.5 Å². The highest BCUT2D eigenvalue weighted by Gasteiger charge is 2.57. The van der Waals surface area contributed by atoms with Crippen molar-refractivity contribution >= 4 is 71.0 Å². The van der Waals surface area contributed by atoms with Crippen LogP contribution in [0.2, 0.25) is 0 Å². The highest BCUT2D eigenvalue weighted by molar-refractivity contribution is 7.99. The number of thioether (sulfide) groups is 2. The molecule has 73 heavy (non-hydrogen) atoms. The van der Waals surface area contributed by atoms with Gasteiger partial charge in [-0.2, -0.15) is 4.74 Å². The molecule has 19 heteroatoms. The summed E-state index contributed by atoms with van der Waals surface area (Å²) in [6, 6.07) is 14.3. The summed E-state index contributed by atoms with van der Waals surface area (Å²) in [5, 5.41) is 13.9. The van der Waals surface area contributed by atoms with E-state index in [9.17, 15) is 24.3 Å². The largest absolute Gasteiger partial charge is 0.454 e. The molecule has 402 valence electrons. The smallest absolute Gasteiger partial charge is 0.343 e. The number of aliphatic hydroxyl groups excluding tert-OH is 1. The molecular weight excluding hydrogens is 996 g/mol. The minimum absolute atomic E-state index is 0. The molecule has 0 radical (unpaired) electrons. The van der Waals surface area contributed by atoms with Crippen LogP contribution in [0.4, 0.5) is 11.4 Å². The Bertz CT molecular complexity index is 2300. The molecule has 5 aliphatic heterocycles. The van der Waals surface area contributed by atoms with Gasteiger partial charge in [0.25, 0.3) is 11.8 Å². The Kier molecular flexibility index (Phi) is 21.9. The zero-order chi connectivity index (χ0) is 53.3. The fourth-order valence-corrected chi connectivity index (χ4v) is 10.4. The topological polar surface area (TPSA) is 198 Å². The number of carbonyl (C=O) groups excluding carboxylic acids is 4. The van der Waals surface area contributed by atoms with Crippen LogP contribution in [-0.2, 0) is 52.3 Å². The van der Waals surface area contributed by atoms with E-state index in [1.54, 1.807) is 53.6 Å². The second-order valence-corrected chi connectivity index (χ2v) is 23.0. The summed E-state index contributed by atoms with van der Waals surface area (Å²) >= 11 is 3.12. The number of rotatable bonds is 11. The average Bonchev–Trinajstić information content (AvgIpc) is 3.49. The number of halogens is 1. The fourth-order valence-electron chi connectivity index (χ4n) is 8.30. The van der Waals surface area contributed by atoms with Gasteiger partial charge in [0.05, 0.1) is 17.4 Å². The molecule has 5 heterocycles. The predicted molar refractivity (Wildman–Crippen MR) is 288 cm³/mol. The van der Waals surface area contributed by atoms with Crippen molar-refractivity contribution in [2.24, 2.45) is 16.6 Å². The summed E-state index contributed by atoms with van der Waals surface area (Å²) in [7, 11) is 4.71. The Labute approximate surface area is 446 Å². The quantitative estimate of drug-likeness (QED) is 0.113. The van der Waals surface area contributed by atoms with Crippen LogP contribution in [-0.4, -0.2) is 133 Å². The standard InChI is InChI=1S/C27H38N2O6S.C15H23O5.C12H14N2OS.ClH/c1-8-15-29-18-11-9-10-12-20(18)36-16-17(25(29)32)28-24(31)23(33-7)22-21(30)19(13-14-26(2,3)4)34-27(5,6)35-22;1-14(2,3)8-7-9-10-11(20-15(4,5)19-9)12(17-6)13(16)18-10;1-2-7-14-10-5-3-4-6-11(10)16-8-9(13)12(14)15;/h8-14,17,19,21-23,30H,1,15-16H2,2-7H3,(H,28,31);7-12H,6H2,1-5H3;2-6,9H,1,7-8,13H2;1H/q;+1;;/b14-13+;8-7+;;/t17?,19-,21+,22-,23-;9-,10+,11-,12-;;/m11../s1. The van der Waals surface area contributed by atoms with Crippen molar-refractivity contribution in [3.8, 4) is 0 Å². The van der Waals surface area contributed by atoms with Gasteiger partial charge in [0.15, 0.2) is 23.8 Å². The number of anilines is 2. The van der Waals surface area contributed by atoms with Crippen LogP contribution in [0, 0.1) is 17.9 Å². The zero-order valence-electron chi connectivity index (χ0n) is 43.9. The number of fused-ring (bicyclic) bond motifs is 3. The van der Waals surface area contributed by atoms with Gasteiger partial charge in [0.1, 0.15) is 36.6 Å². The number of nitrogens with two attached hydrogens (primary N) is 1. The number of esters is 1. The first-order valence-corrected chi connectivity index (χ1v) is 26.0. The zero-order valence-corrected chi connectivity index (χ0v) is 46.4. The van der Waals surface area contributed by atoms with Crippen molar-refractivity contribution in [2.75, 3.05) is 41.5 Å². The first kappa shape index (κ1) is 61.4. The SMILES string of the molecule is C=CCN1C(=O)C(N)CSc2ccccc21.C=CCN1C(=O)C(NC(=O)[C@H](OC)[C@@H]2OC(C)(C)O[C@H](/C=C/C(C)(C)C)[C@@H]2O)CSc2ccccc21.Cl.[CH2+]O[C@H]1C(=O)O[C@@H]2[C@H]1OC(C)(C)O[C@@H]2/C=C/C(C)(C)C. The van der Waals surface area contributed by atoms with Gasteiger partial charge in [-0.3, -0.25) is 14.4 Å². The second-order valence-electron chi connectivity index (χ2n) is 20.9. The van der Waals surface area contributed by atoms with E-state index in [-0.39, 0.29) is 41.2 Å². The summed E-state index contributed by atoms with van der Waals surface area (Å²) < 4.78 is 39.3. The van der Waals surface area contributed by atoms with Gasteiger partial charge in [-0.15, -0.1) is 49.1 Å². The van der Waals surface area contributed by atoms with E-state index >= 15 is 0 Å². The van der Waals surface area contributed by atoms with E-state index in [4.69, 9.17) is 38.9 Å². The molecule has 4 N–H and O–H groups in total. The summed E-state index contributed by atoms with van der Waals surface area (Å²) in [5.74, 6) is -2.16. The maximum absolute atomic E-state index is 13.4. The van der Waals surface area contributed by atoms with Crippen LogP contribution in [0.1, 0.15) is 69.2 Å². The minimum Gasteiger partial charge on any atom is -0.454 e. The molecule has 3 amide bonds. The lowest BCUT2D eigenvalue weighted by atomic mass is 9.93. The van der Waals surface area contributed by atoms with Crippen molar-refractivity contribution < 1.29 is 57.4 Å². The third-order valence-corrected chi connectivity index (χ3v) is 13.9. The van der Waals surface area contributed by atoms with Crippen molar-refractivity contribution in [1.82, 2.24) is 5.32 Å². The van der Waals surface area contributed by atoms with E-state index in [0.29, 0.717) is 24.6 Å². The van der Waals surface area contributed by atoms with Gasteiger partial charge in [-0.25, -0.2) is 4.79 Å². The number of nitrogens with one attached hydrogen (secondary N) is 1. The average molecular weight is 1070 g/mol. The van der Waals surface area contributed by atoms with Gasteiger partial charge in [0.2, 0.25) is 19.1 Å². The number of methoxy groups -OCH3 is 1. The number of para-hydroxylation sites is 2. The molecule has 3 fully saturated rings. The molecule has 0 bridgehead atoms. The van der Waals surface area contributed by atoms with Crippen LogP contribution >= 0.6 is 35.9 Å². The molecule has 0 aromatic heterocycles. The molecule has 0 spiro atoms. The van der Waals surface area contributed by atoms with E-state index in [1.165, 1.54) is 18.9 Å². The van der Waals surface area contributed by atoms with E-state index < -0.39 is 78.3 Å². The normalized spacial score (nSPS) is 28.0. The summed E-state index contributed by atoms with van der Waals surface area (Å²) in [6.07, 6.45) is 4.91. The molecule has 16 nitrogen and oxygen atoms in total. The Morgan fingerprint density at radius 2 is 1.32 bits per heavy atom. The first-order valence-electron chi connectivity index (χ1n) is 24.0. The number of carbonyl (C=O) groups is 4. The predicted octanol–water partition coefficient (Wildman–Crippen LogP) is 7.57. The number of benzene rings is 2. The summed E-state index contributed by atoms with van der Waals surface area (Å²) in [4.78, 5) is 56.0. The molecule has 0 saturated carbocycles. The number of nitrogens with zero attached hydrogens (tertiary/aromatic N) is 2. The monoisotopic (exact) mass is 1070 g/mol. The highest BCUT2D eigenvalue weighted by atomic mass is 35.5. The molecule has 2 aromatic rings. The maximum Gasteiger partial charge on any atom is 0.343 e. The van der Waals surface area contributed by atoms with E-state index in [2.05, 4.69) is 46.4 Å². The molecular formula is C54H76ClN4O12S2+. The van der Waals surface area contributed by atoms with Crippen LogP contribution in [0.3, 0.4) is 0 Å². The number of hydrogen-bond donors (Lipinski definition) is 3. The van der Waals surface area contributed by atoms with Gasteiger partial charge in [-0.05, 0) is 62.8 Å². The van der Waals surface area contributed by atoms with Gasteiger partial charge < -0.3 is 54.4 Å². The lowest BCUT2D eigenvalue weighted by Gasteiger charge is -2.45. The van der Waals surface area contributed by atoms with Gasteiger partial charge >= 0.3 is 5.97 Å². The highest BCUT2D eigenvalue weighted by Crippen LogP contribution is 2.39. The van der Waals surface area contributed by atoms with Crippen molar-refractivity contribution in [1.29, 1.82) is 0 Å². The van der Waals surface area contributed by atoms with E-state index in [1.807, 2.05) is 101 Å². The maximum atomic E-state index is 13.4. The molecule has 0 aliphatic carbocycles. The second kappa shape index (κ2) is 26.0. The van der Waals surface area contributed by atoms with Crippen LogP contribution in [0.25, 0.3) is 0 Å². The lowest BCUT2D eigenvalue weighted by Crippen LogP contribution is -2.62. The van der Waals surface area contributed by atoms with Crippen molar-refractivity contribution in [3.05, 3.63) is 105 Å². The van der Waals surface area contributed by atoms with Crippen LogP contribution in [0.5, 0.6) is 0 Å². The minimum atomic E-state index is -1.16.